The van der Waals surface area contributed by atoms with Crippen LogP contribution >= 0.6 is 11.3 Å². The summed E-state index contributed by atoms with van der Waals surface area (Å²) in [5.74, 6) is 0. The highest BCUT2D eigenvalue weighted by molar-refractivity contribution is 7.11. The van der Waals surface area contributed by atoms with Gasteiger partial charge in [0.25, 0.3) is 0 Å². The largest absolute Gasteiger partial charge is 0.311 e. The Bertz CT molecular complexity index is 367. The molecule has 1 saturated heterocycles. The molecule has 1 aromatic heterocycles. The molecule has 108 valence electrons. The van der Waals surface area contributed by atoms with Crippen LogP contribution in [0.3, 0.4) is 0 Å². The van der Waals surface area contributed by atoms with Gasteiger partial charge in [0, 0.05) is 35.4 Å². The molecule has 0 bridgehead atoms. The van der Waals surface area contributed by atoms with Crippen LogP contribution in [0.25, 0.3) is 0 Å². The molecule has 1 aliphatic rings. The third-order valence-corrected chi connectivity index (χ3v) is 4.99. The van der Waals surface area contributed by atoms with E-state index in [1.807, 2.05) is 11.3 Å². The zero-order valence-corrected chi connectivity index (χ0v) is 13.3. The number of likely N-dealkylation sites (tertiary alicyclic amines) is 1. The van der Waals surface area contributed by atoms with Gasteiger partial charge in [0.1, 0.15) is 0 Å². The van der Waals surface area contributed by atoms with Gasteiger partial charge in [-0.15, -0.1) is 11.3 Å². The van der Waals surface area contributed by atoms with Crippen molar-refractivity contribution in [3.8, 4) is 0 Å². The summed E-state index contributed by atoms with van der Waals surface area (Å²) in [5, 5.41) is 3.55. The Morgan fingerprint density at radius 1 is 1.32 bits per heavy atom. The van der Waals surface area contributed by atoms with Crippen LogP contribution in [0.5, 0.6) is 0 Å². The highest BCUT2D eigenvalue weighted by atomic mass is 32.1. The van der Waals surface area contributed by atoms with Gasteiger partial charge in [-0.25, -0.2) is 0 Å². The summed E-state index contributed by atoms with van der Waals surface area (Å²) >= 11 is 1.90. The number of hydrogen-bond acceptors (Lipinski definition) is 4. The molecule has 3 nitrogen and oxygen atoms in total. The Morgan fingerprint density at radius 2 is 2.05 bits per heavy atom. The lowest BCUT2D eigenvalue weighted by Crippen LogP contribution is -2.43. The number of aryl methyl sites for hydroxylation is 1. The first-order valence-corrected chi connectivity index (χ1v) is 8.11. The summed E-state index contributed by atoms with van der Waals surface area (Å²) in [4.78, 5) is 7.81. The van der Waals surface area contributed by atoms with Gasteiger partial charge in [-0.05, 0) is 59.1 Å². The van der Waals surface area contributed by atoms with Crippen LogP contribution in [0.4, 0.5) is 0 Å². The van der Waals surface area contributed by atoms with Gasteiger partial charge in [-0.1, -0.05) is 0 Å². The molecule has 0 aliphatic carbocycles. The summed E-state index contributed by atoms with van der Waals surface area (Å²) in [6, 6.07) is 5.22. The summed E-state index contributed by atoms with van der Waals surface area (Å²) < 4.78 is 0. The second kappa shape index (κ2) is 7.39. The van der Waals surface area contributed by atoms with Crippen LogP contribution < -0.4 is 5.32 Å². The minimum atomic E-state index is 0.790. The van der Waals surface area contributed by atoms with E-state index in [4.69, 9.17) is 0 Å². The average Bonchev–Trinajstić information content (AvgIpc) is 2.81. The van der Waals surface area contributed by atoms with E-state index >= 15 is 0 Å². The van der Waals surface area contributed by atoms with Gasteiger partial charge in [0.2, 0.25) is 0 Å². The monoisotopic (exact) mass is 281 g/mol. The van der Waals surface area contributed by atoms with Crippen LogP contribution in [-0.2, 0) is 6.54 Å². The van der Waals surface area contributed by atoms with Gasteiger partial charge < -0.3 is 15.1 Å². The maximum Gasteiger partial charge on any atom is 0.0300 e. The van der Waals surface area contributed by atoms with E-state index in [2.05, 4.69) is 48.3 Å². The summed E-state index contributed by atoms with van der Waals surface area (Å²) in [7, 11) is 4.40. The van der Waals surface area contributed by atoms with Crippen LogP contribution in [0.1, 0.15) is 22.6 Å². The maximum atomic E-state index is 3.55. The Labute approximate surface area is 121 Å². The lowest BCUT2D eigenvalue weighted by atomic mass is 10.0. The standard InChI is InChI=1S/C15H27N3S/c1-13-4-5-15(19-13)12-16-8-11-18-9-6-14(7-10-18)17(2)3/h4-5,14,16H,6-12H2,1-3H3. The minimum absolute atomic E-state index is 0.790. The lowest BCUT2D eigenvalue weighted by Gasteiger charge is -2.35. The quantitative estimate of drug-likeness (QED) is 0.806. The van der Waals surface area contributed by atoms with Gasteiger partial charge >= 0.3 is 0 Å². The fraction of sp³-hybridized carbons (Fsp3) is 0.733. The van der Waals surface area contributed by atoms with Crippen molar-refractivity contribution in [2.45, 2.75) is 32.4 Å². The highest BCUT2D eigenvalue weighted by Crippen LogP contribution is 2.15. The molecule has 19 heavy (non-hydrogen) atoms. The molecule has 4 heteroatoms. The van der Waals surface area contributed by atoms with Crippen LogP contribution in [0.2, 0.25) is 0 Å². The molecular weight excluding hydrogens is 254 g/mol. The summed E-state index contributed by atoms with van der Waals surface area (Å²) in [5.41, 5.74) is 0. The predicted octanol–water partition coefficient (Wildman–Crippen LogP) is 2.17. The van der Waals surface area contributed by atoms with E-state index in [1.165, 1.54) is 42.2 Å². The molecule has 0 saturated carbocycles. The first kappa shape index (κ1) is 15.0. The first-order chi connectivity index (χ1) is 9.15. The highest BCUT2D eigenvalue weighted by Gasteiger charge is 2.19. The average molecular weight is 281 g/mol. The lowest BCUT2D eigenvalue weighted by molar-refractivity contribution is 0.145. The molecule has 0 unspecified atom stereocenters. The number of nitrogens with one attached hydrogen (secondary N) is 1. The molecule has 0 aromatic carbocycles. The molecular formula is C15H27N3S. The van der Waals surface area contributed by atoms with E-state index in [9.17, 15) is 0 Å². The molecule has 2 heterocycles. The van der Waals surface area contributed by atoms with E-state index in [-0.39, 0.29) is 0 Å². The Kier molecular flexibility index (Phi) is 5.82. The van der Waals surface area contributed by atoms with Gasteiger partial charge in [0.05, 0.1) is 0 Å². The molecule has 2 rings (SSSR count). The molecule has 0 spiro atoms. The van der Waals surface area contributed by atoms with Crippen LogP contribution in [0, 0.1) is 6.92 Å². The van der Waals surface area contributed by atoms with Crippen molar-refractivity contribution >= 4 is 11.3 Å². The van der Waals surface area contributed by atoms with Crippen LogP contribution in [-0.4, -0.2) is 56.1 Å². The molecule has 0 amide bonds. The second-order valence-corrected chi connectivity index (χ2v) is 7.10. The van der Waals surface area contributed by atoms with E-state index in [0.29, 0.717) is 0 Å². The molecule has 0 radical (unpaired) electrons. The summed E-state index contributed by atoms with van der Waals surface area (Å²) in [6.45, 7) is 7.98. The third kappa shape index (κ3) is 4.88. The Hall–Kier alpha value is -0.420. The normalized spacial score (nSPS) is 18.3. The number of piperidine rings is 1. The number of hydrogen-bond donors (Lipinski definition) is 1. The van der Waals surface area contributed by atoms with Crippen LogP contribution in [0.15, 0.2) is 12.1 Å². The zero-order chi connectivity index (χ0) is 13.7. The topological polar surface area (TPSA) is 18.5 Å². The molecule has 1 aromatic rings. The third-order valence-electron chi connectivity index (χ3n) is 3.99. The SMILES string of the molecule is Cc1ccc(CNCCN2CCC(N(C)C)CC2)s1. The number of rotatable bonds is 6. The predicted molar refractivity (Wildman–Crippen MR) is 83.9 cm³/mol. The van der Waals surface area contributed by atoms with Crippen molar-refractivity contribution in [3.63, 3.8) is 0 Å². The number of nitrogens with zero attached hydrogens (tertiary/aromatic N) is 2. The van der Waals surface area contributed by atoms with Gasteiger partial charge in [0.15, 0.2) is 0 Å². The second-order valence-electron chi connectivity index (χ2n) is 5.73. The van der Waals surface area contributed by atoms with Crippen molar-refractivity contribution < 1.29 is 0 Å². The van der Waals surface area contributed by atoms with E-state index in [0.717, 1.165) is 19.1 Å². The van der Waals surface area contributed by atoms with Gasteiger partial charge in [-0.2, -0.15) is 0 Å². The summed E-state index contributed by atoms with van der Waals surface area (Å²) in [6.07, 6.45) is 2.63. The zero-order valence-electron chi connectivity index (χ0n) is 12.5. The molecule has 1 N–H and O–H groups in total. The van der Waals surface area contributed by atoms with Crippen molar-refractivity contribution in [3.05, 3.63) is 21.9 Å². The van der Waals surface area contributed by atoms with E-state index < -0.39 is 0 Å². The molecule has 0 atom stereocenters. The Balaban J connectivity index is 1.57. The maximum absolute atomic E-state index is 3.55. The van der Waals surface area contributed by atoms with Crippen molar-refractivity contribution in [2.24, 2.45) is 0 Å². The van der Waals surface area contributed by atoms with Crippen molar-refractivity contribution in [1.29, 1.82) is 0 Å². The smallest absolute Gasteiger partial charge is 0.0300 e. The fourth-order valence-corrected chi connectivity index (χ4v) is 3.55. The Morgan fingerprint density at radius 3 is 2.63 bits per heavy atom. The van der Waals surface area contributed by atoms with Crippen molar-refractivity contribution in [1.82, 2.24) is 15.1 Å². The van der Waals surface area contributed by atoms with E-state index in [1.54, 1.807) is 0 Å². The minimum Gasteiger partial charge on any atom is -0.311 e. The number of thiophene rings is 1. The molecule has 1 fully saturated rings. The first-order valence-electron chi connectivity index (χ1n) is 7.30. The van der Waals surface area contributed by atoms with Gasteiger partial charge in [-0.3, -0.25) is 0 Å². The fourth-order valence-electron chi connectivity index (χ4n) is 2.69. The molecule has 1 aliphatic heterocycles. The van der Waals surface area contributed by atoms with Crippen molar-refractivity contribution in [2.75, 3.05) is 40.3 Å².